The van der Waals surface area contributed by atoms with E-state index in [0.717, 1.165) is 48.7 Å². The molecule has 0 aliphatic carbocycles. The van der Waals surface area contributed by atoms with Gasteiger partial charge in [-0.05, 0) is 29.7 Å². The average molecular weight is 434 g/mol. The summed E-state index contributed by atoms with van der Waals surface area (Å²) in [5.74, 6) is -0.794. The Hall–Kier alpha value is -3.39. The van der Waals surface area contributed by atoms with Gasteiger partial charge in [-0.1, -0.05) is 30.3 Å². The minimum Gasteiger partial charge on any atom is -0.379 e. The number of nitrogens with zero attached hydrogens (tertiary/aromatic N) is 2. The number of hydrogen-bond acceptors (Lipinski definition) is 6. The van der Waals surface area contributed by atoms with Crippen LogP contribution in [0, 0.1) is 0 Å². The molecule has 2 fully saturated rings. The molecule has 1 atom stereocenters. The Balaban J connectivity index is 1.34. The van der Waals surface area contributed by atoms with Crippen LogP contribution in [0.5, 0.6) is 0 Å². The highest BCUT2D eigenvalue weighted by atomic mass is 16.2. The molecule has 3 N–H and O–H groups in total. The fourth-order valence-corrected chi connectivity index (χ4v) is 4.83. The summed E-state index contributed by atoms with van der Waals surface area (Å²) in [6.45, 7) is 4.75. The highest BCUT2D eigenvalue weighted by Gasteiger charge is 2.39. The van der Waals surface area contributed by atoms with Crippen molar-refractivity contribution in [2.75, 3.05) is 36.4 Å². The number of anilines is 2. The number of nitrogens with one attached hydrogen (secondary N) is 3. The van der Waals surface area contributed by atoms with Crippen LogP contribution in [0.1, 0.15) is 34.3 Å². The number of imide groups is 1. The van der Waals surface area contributed by atoms with Gasteiger partial charge in [-0.15, -0.1) is 0 Å². The third-order valence-corrected chi connectivity index (χ3v) is 6.47. The van der Waals surface area contributed by atoms with E-state index in [1.165, 1.54) is 0 Å². The van der Waals surface area contributed by atoms with Crippen LogP contribution < -0.4 is 20.9 Å². The highest BCUT2D eigenvalue weighted by Crippen LogP contribution is 2.31. The normalized spacial score (nSPS) is 20.9. The molecule has 32 heavy (non-hydrogen) atoms. The van der Waals surface area contributed by atoms with Crippen molar-refractivity contribution in [2.24, 2.45) is 0 Å². The number of piperidine rings is 1. The topological polar surface area (TPSA) is 93.8 Å². The number of fused-ring (bicyclic) bond motifs is 1. The van der Waals surface area contributed by atoms with E-state index in [-0.39, 0.29) is 24.1 Å². The lowest BCUT2D eigenvalue weighted by Gasteiger charge is -2.31. The monoisotopic (exact) mass is 433 g/mol. The fraction of sp³-hybridized carbons (Fsp3) is 0.375. The lowest BCUT2D eigenvalue weighted by atomic mass is 10.0. The van der Waals surface area contributed by atoms with Gasteiger partial charge in [-0.25, -0.2) is 0 Å². The summed E-state index contributed by atoms with van der Waals surface area (Å²) < 4.78 is 0. The molecule has 2 saturated heterocycles. The van der Waals surface area contributed by atoms with Gasteiger partial charge in [0.15, 0.2) is 0 Å². The Morgan fingerprint density at radius 2 is 1.81 bits per heavy atom. The number of piperazine rings is 1. The fourth-order valence-electron chi connectivity index (χ4n) is 4.83. The van der Waals surface area contributed by atoms with Crippen molar-refractivity contribution in [1.29, 1.82) is 0 Å². The summed E-state index contributed by atoms with van der Waals surface area (Å²) in [4.78, 5) is 41.1. The van der Waals surface area contributed by atoms with Crippen LogP contribution in [0.3, 0.4) is 0 Å². The first-order valence-electron chi connectivity index (χ1n) is 11.2. The van der Waals surface area contributed by atoms with E-state index < -0.39 is 6.04 Å². The van der Waals surface area contributed by atoms with Gasteiger partial charge >= 0.3 is 0 Å². The maximum Gasteiger partial charge on any atom is 0.255 e. The zero-order valence-corrected chi connectivity index (χ0v) is 17.9. The van der Waals surface area contributed by atoms with Crippen molar-refractivity contribution >= 4 is 29.1 Å². The van der Waals surface area contributed by atoms with Gasteiger partial charge in [-0.2, -0.15) is 0 Å². The van der Waals surface area contributed by atoms with E-state index in [1.54, 1.807) is 4.90 Å². The SMILES string of the molecule is O=C1CCC(N2Cc3cccc(CNc4ccccc4N4CCNCC4)c3C2=O)C(=O)N1. The number of para-hydroxylation sites is 2. The Morgan fingerprint density at radius 3 is 2.62 bits per heavy atom. The second-order valence-corrected chi connectivity index (χ2v) is 8.46. The van der Waals surface area contributed by atoms with E-state index in [0.29, 0.717) is 25.1 Å². The molecule has 166 valence electrons. The molecule has 0 bridgehead atoms. The summed E-state index contributed by atoms with van der Waals surface area (Å²) in [7, 11) is 0. The predicted molar refractivity (Wildman–Crippen MR) is 121 cm³/mol. The lowest BCUT2D eigenvalue weighted by Crippen LogP contribution is -2.52. The second-order valence-electron chi connectivity index (χ2n) is 8.46. The van der Waals surface area contributed by atoms with Crippen molar-refractivity contribution in [3.63, 3.8) is 0 Å². The molecule has 3 heterocycles. The predicted octanol–water partition coefficient (Wildman–Crippen LogP) is 1.47. The number of hydrogen-bond donors (Lipinski definition) is 3. The molecule has 1 unspecified atom stereocenters. The highest BCUT2D eigenvalue weighted by molar-refractivity contribution is 6.06. The first kappa shape index (κ1) is 20.5. The molecular weight excluding hydrogens is 406 g/mol. The molecule has 8 heteroatoms. The summed E-state index contributed by atoms with van der Waals surface area (Å²) in [5, 5.41) is 9.27. The van der Waals surface area contributed by atoms with Crippen LogP contribution in [0.2, 0.25) is 0 Å². The van der Waals surface area contributed by atoms with Gasteiger partial charge < -0.3 is 20.4 Å². The van der Waals surface area contributed by atoms with E-state index in [1.807, 2.05) is 30.3 Å². The molecule has 3 aliphatic heterocycles. The van der Waals surface area contributed by atoms with Gasteiger partial charge in [0.05, 0.1) is 11.4 Å². The molecular formula is C24H27N5O3. The molecule has 2 aromatic carbocycles. The first-order valence-corrected chi connectivity index (χ1v) is 11.2. The van der Waals surface area contributed by atoms with Crippen LogP contribution in [0.4, 0.5) is 11.4 Å². The molecule has 0 saturated carbocycles. The standard InChI is InChI=1S/C24H27N5O3/c30-21-9-8-20(23(31)27-21)29-15-17-5-3-4-16(22(17)24(29)32)14-26-18-6-1-2-7-19(18)28-12-10-25-11-13-28/h1-7,20,25-26H,8-15H2,(H,27,30,31). The number of carbonyl (C=O) groups is 3. The second kappa shape index (κ2) is 8.63. The Kier molecular flexibility index (Phi) is 5.53. The molecule has 0 radical (unpaired) electrons. The van der Waals surface area contributed by atoms with Crippen LogP contribution in [0.25, 0.3) is 0 Å². The maximum absolute atomic E-state index is 13.3. The minimum atomic E-state index is -0.596. The quantitative estimate of drug-likeness (QED) is 0.619. The smallest absolute Gasteiger partial charge is 0.255 e. The number of rotatable bonds is 5. The minimum absolute atomic E-state index is 0.137. The molecule has 5 rings (SSSR count). The van der Waals surface area contributed by atoms with Gasteiger partial charge in [0.2, 0.25) is 11.8 Å². The Morgan fingerprint density at radius 1 is 1.00 bits per heavy atom. The summed E-state index contributed by atoms with van der Waals surface area (Å²) >= 11 is 0. The van der Waals surface area contributed by atoms with Crippen molar-refractivity contribution in [2.45, 2.75) is 32.0 Å². The van der Waals surface area contributed by atoms with Gasteiger partial charge in [-0.3, -0.25) is 19.7 Å². The van der Waals surface area contributed by atoms with Gasteiger partial charge in [0.25, 0.3) is 5.91 Å². The van der Waals surface area contributed by atoms with Crippen LogP contribution in [-0.4, -0.2) is 54.8 Å². The van der Waals surface area contributed by atoms with Crippen molar-refractivity contribution in [3.8, 4) is 0 Å². The van der Waals surface area contributed by atoms with Crippen molar-refractivity contribution < 1.29 is 14.4 Å². The zero-order chi connectivity index (χ0) is 22.1. The van der Waals surface area contributed by atoms with Gasteiger partial charge in [0, 0.05) is 51.3 Å². The summed E-state index contributed by atoms with van der Waals surface area (Å²) in [5.41, 5.74) is 4.72. The Labute approximate surface area is 187 Å². The largest absolute Gasteiger partial charge is 0.379 e. The third kappa shape index (κ3) is 3.82. The average Bonchev–Trinajstić information content (AvgIpc) is 3.15. The van der Waals surface area contributed by atoms with Gasteiger partial charge in [0.1, 0.15) is 6.04 Å². The Bertz CT molecular complexity index is 1060. The lowest BCUT2D eigenvalue weighted by molar-refractivity contribution is -0.136. The maximum atomic E-state index is 13.3. The van der Waals surface area contributed by atoms with E-state index in [9.17, 15) is 14.4 Å². The molecule has 2 aromatic rings. The summed E-state index contributed by atoms with van der Waals surface area (Å²) in [6.07, 6.45) is 0.629. The first-order chi connectivity index (χ1) is 15.6. The number of amides is 3. The molecule has 3 amide bonds. The molecule has 8 nitrogen and oxygen atoms in total. The number of benzene rings is 2. The summed E-state index contributed by atoms with van der Waals surface area (Å²) in [6, 6.07) is 13.5. The molecule has 0 spiro atoms. The third-order valence-electron chi connectivity index (χ3n) is 6.47. The van der Waals surface area contributed by atoms with Crippen molar-refractivity contribution in [1.82, 2.24) is 15.5 Å². The molecule has 3 aliphatic rings. The van der Waals surface area contributed by atoms with Crippen LogP contribution >= 0.6 is 0 Å². The van der Waals surface area contributed by atoms with E-state index in [2.05, 4.69) is 33.0 Å². The zero-order valence-electron chi connectivity index (χ0n) is 17.9. The molecule has 0 aromatic heterocycles. The van der Waals surface area contributed by atoms with E-state index >= 15 is 0 Å². The number of carbonyl (C=O) groups excluding carboxylic acids is 3. The van der Waals surface area contributed by atoms with Crippen LogP contribution in [0.15, 0.2) is 42.5 Å². The van der Waals surface area contributed by atoms with E-state index in [4.69, 9.17) is 0 Å². The van der Waals surface area contributed by atoms with Crippen molar-refractivity contribution in [3.05, 3.63) is 59.2 Å². The van der Waals surface area contributed by atoms with Crippen LogP contribution in [-0.2, 0) is 22.7 Å².